The highest BCUT2D eigenvalue weighted by atomic mass is 16.5. The van der Waals surface area contributed by atoms with E-state index in [1.165, 1.54) is 30.6 Å². The number of aryl methyl sites for hydroxylation is 1. The number of piperidine rings is 1. The van der Waals surface area contributed by atoms with Gasteiger partial charge in [-0.15, -0.1) is 6.58 Å². The van der Waals surface area contributed by atoms with E-state index >= 15 is 0 Å². The van der Waals surface area contributed by atoms with Crippen LogP contribution in [0, 0.1) is 18.8 Å². The Morgan fingerprint density at radius 1 is 1.29 bits per heavy atom. The second-order valence-electron chi connectivity index (χ2n) is 6.61. The van der Waals surface area contributed by atoms with Crippen LogP contribution in [-0.4, -0.2) is 31.1 Å². The number of hydrogen-bond acceptors (Lipinski definition) is 2. The highest BCUT2D eigenvalue weighted by Gasteiger charge is 2.21. The van der Waals surface area contributed by atoms with Gasteiger partial charge in [0.2, 0.25) is 0 Å². The van der Waals surface area contributed by atoms with Gasteiger partial charge in [-0.2, -0.15) is 0 Å². The van der Waals surface area contributed by atoms with Crippen LogP contribution >= 0.6 is 0 Å². The van der Waals surface area contributed by atoms with Crippen molar-refractivity contribution in [2.24, 2.45) is 11.8 Å². The predicted molar refractivity (Wildman–Crippen MR) is 90.0 cm³/mol. The van der Waals surface area contributed by atoms with E-state index < -0.39 is 0 Å². The number of nitrogens with zero attached hydrogens (tertiary/aromatic N) is 1. The molecule has 2 unspecified atom stereocenters. The van der Waals surface area contributed by atoms with Gasteiger partial charge >= 0.3 is 0 Å². The van der Waals surface area contributed by atoms with E-state index in [1.807, 2.05) is 6.08 Å². The molecule has 1 aromatic carbocycles. The van der Waals surface area contributed by atoms with Crippen molar-refractivity contribution in [1.82, 2.24) is 4.90 Å². The minimum Gasteiger partial charge on any atom is -0.492 e. The molecule has 1 aliphatic rings. The Hall–Kier alpha value is -1.28. The van der Waals surface area contributed by atoms with E-state index in [9.17, 15) is 0 Å². The molecule has 0 bridgehead atoms. The summed E-state index contributed by atoms with van der Waals surface area (Å²) in [6.07, 6.45) is 4.17. The average molecular weight is 287 g/mol. The van der Waals surface area contributed by atoms with E-state index in [2.05, 4.69) is 50.4 Å². The van der Waals surface area contributed by atoms with Gasteiger partial charge in [0.15, 0.2) is 0 Å². The summed E-state index contributed by atoms with van der Waals surface area (Å²) in [4.78, 5) is 2.55. The summed E-state index contributed by atoms with van der Waals surface area (Å²) >= 11 is 0. The van der Waals surface area contributed by atoms with Crippen LogP contribution in [0.5, 0.6) is 5.75 Å². The molecule has 0 N–H and O–H groups in total. The number of rotatable bonds is 6. The molecule has 0 spiro atoms. The largest absolute Gasteiger partial charge is 0.492 e. The normalized spacial score (nSPS) is 23.0. The van der Waals surface area contributed by atoms with E-state index in [-0.39, 0.29) is 0 Å². The van der Waals surface area contributed by atoms with Crippen LogP contribution in [0.1, 0.15) is 31.4 Å². The maximum Gasteiger partial charge on any atom is 0.125 e. The summed E-state index contributed by atoms with van der Waals surface area (Å²) in [5, 5.41) is 0. The number of hydrogen-bond donors (Lipinski definition) is 0. The summed E-state index contributed by atoms with van der Waals surface area (Å²) in [6, 6.07) is 6.34. The number of benzene rings is 1. The molecule has 1 aromatic rings. The Morgan fingerprint density at radius 2 is 2.00 bits per heavy atom. The zero-order valence-corrected chi connectivity index (χ0v) is 13.8. The van der Waals surface area contributed by atoms with Gasteiger partial charge in [-0.1, -0.05) is 38.1 Å². The fourth-order valence-electron chi connectivity index (χ4n) is 3.49. The first-order chi connectivity index (χ1) is 10.1. The van der Waals surface area contributed by atoms with Crippen LogP contribution in [0.3, 0.4) is 0 Å². The molecule has 0 radical (unpaired) electrons. The molecular formula is C19H29NO. The van der Waals surface area contributed by atoms with Gasteiger partial charge in [-0.05, 0) is 42.7 Å². The maximum absolute atomic E-state index is 6.10. The third-order valence-corrected chi connectivity index (χ3v) is 4.26. The second-order valence-corrected chi connectivity index (χ2v) is 6.61. The molecule has 0 aromatic heterocycles. The number of likely N-dealkylation sites (tertiary alicyclic amines) is 1. The van der Waals surface area contributed by atoms with Crippen LogP contribution in [0.25, 0.3) is 0 Å². The molecule has 116 valence electrons. The zero-order valence-electron chi connectivity index (χ0n) is 13.8. The lowest BCUT2D eigenvalue weighted by Gasteiger charge is -2.34. The third kappa shape index (κ3) is 4.60. The third-order valence-electron chi connectivity index (χ3n) is 4.26. The lowest BCUT2D eigenvalue weighted by Crippen LogP contribution is -2.40. The van der Waals surface area contributed by atoms with Crippen LogP contribution < -0.4 is 4.74 Å². The van der Waals surface area contributed by atoms with Crippen LogP contribution in [0.4, 0.5) is 0 Å². The van der Waals surface area contributed by atoms with Gasteiger partial charge in [-0.3, -0.25) is 4.90 Å². The first-order valence-electron chi connectivity index (χ1n) is 8.14. The molecule has 2 rings (SSSR count). The average Bonchev–Trinajstić information content (AvgIpc) is 2.41. The fourth-order valence-corrected chi connectivity index (χ4v) is 3.49. The highest BCUT2D eigenvalue weighted by molar-refractivity contribution is 5.41. The molecule has 1 saturated heterocycles. The first-order valence-corrected chi connectivity index (χ1v) is 8.14. The Balaban J connectivity index is 1.90. The summed E-state index contributed by atoms with van der Waals surface area (Å²) in [5.41, 5.74) is 2.46. The van der Waals surface area contributed by atoms with Crippen molar-refractivity contribution in [2.75, 3.05) is 26.2 Å². The van der Waals surface area contributed by atoms with E-state index in [4.69, 9.17) is 4.74 Å². The van der Waals surface area contributed by atoms with Crippen molar-refractivity contribution in [3.05, 3.63) is 42.0 Å². The van der Waals surface area contributed by atoms with Crippen molar-refractivity contribution in [3.63, 3.8) is 0 Å². The van der Waals surface area contributed by atoms with Crippen LogP contribution in [-0.2, 0) is 6.42 Å². The quantitative estimate of drug-likeness (QED) is 0.731. The number of ether oxygens (including phenoxy) is 1. The van der Waals surface area contributed by atoms with Gasteiger partial charge in [0.1, 0.15) is 12.4 Å². The maximum atomic E-state index is 6.10. The zero-order chi connectivity index (χ0) is 15.2. The van der Waals surface area contributed by atoms with Crippen molar-refractivity contribution >= 4 is 0 Å². The molecule has 21 heavy (non-hydrogen) atoms. The van der Waals surface area contributed by atoms with E-state index in [1.54, 1.807) is 0 Å². The Bertz CT molecular complexity index is 459. The molecule has 0 aliphatic carbocycles. The van der Waals surface area contributed by atoms with Crippen LogP contribution in [0.2, 0.25) is 0 Å². The molecule has 1 heterocycles. The van der Waals surface area contributed by atoms with Gasteiger partial charge in [0, 0.05) is 19.6 Å². The van der Waals surface area contributed by atoms with Crippen molar-refractivity contribution in [3.8, 4) is 5.75 Å². The molecule has 2 nitrogen and oxygen atoms in total. The predicted octanol–water partition coefficient (Wildman–Crippen LogP) is 4.08. The minimum absolute atomic E-state index is 0.772. The van der Waals surface area contributed by atoms with Gasteiger partial charge in [0.05, 0.1) is 0 Å². The Labute approximate surface area is 129 Å². The molecule has 2 atom stereocenters. The summed E-state index contributed by atoms with van der Waals surface area (Å²) in [7, 11) is 0. The second kappa shape index (κ2) is 7.65. The van der Waals surface area contributed by atoms with Crippen LogP contribution in [0.15, 0.2) is 30.9 Å². The molecule has 0 amide bonds. The Kier molecular flexibility index (Phi) is 5.86. The smallest absolute Gasteiger partial charge is 0.125 e. The summed E-state index contributed by atoms with van der Waals surface area (Å²) < 4.78 is 6.10. The molecule has 0 saturated carbocycles. The van der Waals surface area contributed by atoms with Gasteiger partial charge in [-0.25, -0.2) is 0 Å². The molecule has 2 heteroatoms. The van der Waals surface area contributed by atoms with Gasteiger partial charge in [0.25, 0.3) is 0 Å². The number of allylic oxidation sites excluding steroid dienone is 1. The van der Waals surface area contributed by atoms with E-state index in [0.717, 1.165) is 37.2 Å². The first kappa shape index (κ1) is 16.1. The topological polar surface area (TPSA) is 12.5 Å². The fraction of sp³-hybridized carbons (Fsp3) is 0.579. The van der Waals surface area contributed by atoms with E-state index in [0.29, 0.717) is 0 Å². The lowest BCUT2D eigenvalue weighted by atomic mass is 9.92. The molecular weight excluding hydrogens is 258 g/mol. The minimum atomic E-state index is 0.772. The SMILES string of the molecule is C=CCc1cccc(C)c1OCCN1CC(C)CC(C)C1. The lowest BCUT2D eigenvalue weighted by molar-refractivity contribution is 0.120. The molecule has 1 fully saturated rings. The summed E-state index contributed by atoms with van der Waals surface area (Å²) in [6.45, 7) is 14.9. The van der Waals surface area contributed by atoms with Crippen molar-refractivity contribution in [2.45, 2.75) is 33.6 Å². The Morgan fingerprint density at radius 3 is 2.67 bits per heavy atom. The monoisotopic (exact) mass is 287 g/mol. The van der Waals surface area contributed by atoms with Crippen molar-refractivity contribution < 1.29 is 4.74 Å². The highest BCUT2D eigenvalue weighted by Crippen LogP contribution is 2.25. The van der Waals surface area contributed by atoms with Gasteiger partial charge < -0.3 is 4.74 Å². The standard InChI is InChI=1S/C19H29NO/c1-5-7-18-9-6-8-17(4)19(18)21-11-10-20-13-15(2)12-16(3)14-20/h5-6,8-9,15-16H,1,7,10-14H2,2-4H3. The summed E-state index contributed by atoms with van der Waals surface area (Å²) in [5.74, 6) is 2.67. The van der Waals surface area contributed by atoms with Crippen molar-refractivity contribution in [1.29, 1.82) is 0 Å². The molecule has 1 aliphatic heterocycles. The number of para-hydroxylation sites is 1.